The molecule has 17 heavy (non-hydrogen) atoms. The van der Waals surface area contributed by atoms with Crippen molar-refractivity contribution in [2.75, 3.05) is 19.6 Å². The van der Waals surface area contributed by atoms with Crippen molar-refractivity contribution in [1.82, 2.24) is 10.2 Å². The molecule has 5 nitrogen and oxygen atoms in total. The predicted octanol–water partition coefficient (Wildman–Crippen LogP) is 0.730. The van der Waals surface area contributed by atoms with E-state index in [1.165, 1.54) is 6.92 Å². The van der Waals surface area contributed by atoms with E-state index in [1.807, 2.05) is 13.8 Å². The highest BCUT2D eigenvalue weighted by molar-refractivity contribution is 5.84. The minimum atomic E-state index is -0.174. The van der Waals surface area contributed by atoms with Crippen LogP contribution >= 0.6 is 0 Å². The summed E-state index contributed by atoms with van der Waals surface area (Å²) >= 11 is 0. The van der Waals surface area contributed by atoms with Crippen molar-refractivity contribution in [2.24, 2.45) is 0 Å². The topological polar surface area (TPSA) is 66.5 Å². The van der Waals surface area contributed by atoms with Crippen molar-refractivity contribution in [3.63, 3.8) is 0 Å². The van der Waals surface area contributed by atoms with E-state index in [9.17, 15) is 14.4 Å². The molecule has 0 aliphatic rings. The van der Waals surface area contributed by atoms with Crippen LogP contribution in [0.2, 0.25) is 0 Å². The Morgan fingerprint density at radius 2 is 1.59 bits per heavy atom. The van der Waals surface area contributed by atoms with E-state index in [-0.39, 0.29) is 30.4 Å². The molecule has 0 fully saturated rings. The van der Waals surface area contributed by atoms with Crippen molar-refractivity contribution >= 4 is 17.6 Å². The number of nitrogens with zero attached hydrogens (tertiary/aromatic N) is 1. The zero-order valence-electron chi connectivity index (χ0n) is 10.9. The number of hydrogen-bond acceptors (Lipinski definition) is 3. The van der Waals surface area contributed by atoms with Crippen LogP contribution in [0.5, 0.6) is 0 Å². The summed E-state index contributed by atoms with van der Waals surface area (Å²) in [6.45, 7) is 7.02. The number of carbonyl (C=O) groups is 3. The Balaban J connectivity index is 3.72. The fourth-order valence-electron chi connectivity index (χ4n) is 1.42. The second-order valence-electron chi connectivity index (χ2n) is 3.87. The summed E-state index contributed by atoms with van der Waals surface area (Å²) in [6, 6.07) is 0. The van der Waals surface area contributed by atoms with Gasteiger partial charge in [0.2, 0.25) is 11.8 Å². The SMILES string of the molecule is CCN(CC)C(=O)CCNC(=O)CCC(C)=O. The van der Waals surface area contributed by atoms with Gasteiger partial charge in [-0.3, -0.25) is 9.59 Å². The van der Waals surface area contributed by atoms with Gasteiger partial charge in [-0.15, -0.1) is 0 Å². The Hall–Kier alpha value is -1.39. The van der Waals surface area contributed by atoms with Gasteiger partial charge in [0.05, 0.1) is 0 Å². The zero-order chi connectivity index (χ0) is 13.3. The Kier molecular flexibility index (Phi) is 8.01. The molecule has 0 radical (unpaired) electrons. The van der Waals surface area contributed by atoms with Crippen molar-refractivity contribution in [3.05, 3.63) is 0 Å². The highest BCUT2D eigenvalue weighted by Gasteiger charge is 2.09. The molecular weight excluding hydrogens is 220 g/mol. The van der Waals surface area contributed by atoms with E-state index in [0.717, 1.165) is 0 Å². The van der Waals surface area contributed by atoms with Crippen LogP contribution in [0.3, 0.4) is 0 Å². The van der Waals surface area contributed by atoms with Gasteiger partial charge in [0.25, 0.3) is 0 Å². The normalized spacial score (nSPS) is 9.82. The summed E-state index contributed by atoms with van der Waals surface area (Å²) in [5.41, 5.74) is 0. The van der Waals surface area contributed by atoms with Crippen molar-refractivity contribution in [1.29, 1.82) is 0 Å². The first-order valence-corrected chi connectivity index (χ1v) is 6.05. The number of hydrogen-bond donors (Lipinski definition) is 1. The summed E-state index contributed by atoms with van der Waals surface area (Å²) < 4.78 is 0. The molecule has 0 saturated heterocycles. The third-order valence-electron chi connectivity index (χ3n) is 2.48. The van der Waals surface area contributed by atoms with Crippen LogP contribution in [0.15, 0.2) is 0 Å². The van der Waals surface area contributed by atoms with Crippen molar-refractivity contribution in [2.45, 2.75) is 40.0 Å². The molecule has 0 saturated carbocycles. The molecule has 0 heterocycles. The summed E-state index contributed by atoms with van der Waals surface area (Å²) in [5, 5.41) is 2.63. The second kappa shape index (κ2) is 8.73. The molecule has 1 N–H and O–H groups in total. The van der Waals surface area contributed by atoms with Gasteiger partial charge in [0.15, 0.2) is 0 Å². The summed E-state index contributed by atoms with van der Waals surface area (Å²) in [5.74, 6) is -0.131. The van der Waals surface area contributed by atoms with Crippen LogP contribution < -0.4 is 5.32 Å². The largest absolute Gasteiger partial charge is 0.356 e. The number of Topliss-reactive ketones (excluding diaryl/α,β-unsaturated/α-hetero) is 1. The van der Waals surface area contributed by atoms with Gasteiger partial charge in [-0.05, 0) is 20.8 Å². The molecule has 0 aromatic rings. The lowest BCUT2D eigenvalue weighted by Crippen LogP contribution is -2.34. The number of amides is 2. The van der Waals surface area contributed by atoms with E-state index in [0.29, 0.717) is 26.1 Å². The van der Waals surface area contributed by atoms with Gasteiger partial charge >= 0.3 is 0 Å². The smallest absolute Gasteiger partial charge is 0.224 e. The lowest BCUT2D eigenvalue weighted by atomic mass is 10.2. The Labute approximate surface area is 103 Å². The number of ketones is 1. The number of nitrogens with one attached hydrogen (secondary N) is 1. The van der Waals surface area contributed by atoms with Crippen LogP contribution in [0.1, 0.15) is 40.0 Å². The molecule has 2 amide bonds. The molecule has 0 rings (SSSR count). The lowest BCUT2D eigenvalue weighted by molar-refractivity contribution is -0.131. The number of carbonyl (C=O) groups excluding carboxylic acids is 3. The monoisotopic (exact) mass is 242 g/mol. The molecule has 0 unspecified atom stereocenters. The van der Waals surface area contributed by atoms with Gasteiger partial charge in [-0.1, -0.05) is 0 Å². The van der Waals surface area contributed by atoms with Gasteiger partial charge in [-0.2, -0.15) is 0 Å². The zero-order valence-corrected chi connectivity index (χ0v) is 10.9. The summed E-state index contributed by atoms with van der Waals surface area (Å²) in [4.78, 5) is 35.2. The summed E-state index contributed by atoms with van der Waals surface area (Å²) in [6.07, 6.45) is 0.776. The van der Waals surface area contributed by atoms with Crippen LogP contribution in [0.4, 0.5) is 0 Å². The van der Waals surface area contributed by atoms with Gasteiger partial charge in [0, 0.05) is 38.9 Å². The van der Waals surface area contributed by atoms with Gasteiger partial charge in [-0.25, -0.2) is 0 Å². The maximum absolute atomic E-state index is 11.6. The Morgan fingerprint density at radius 3 is 2.06 bits per heavy atom. The molecule has 0 spiro atoms. The fourth-order valence-corrected chi connectivity index (χ4v) is 1.42. The first-order valence-electron chi connectivity index (χ1n) is 6.05. The molecule has 5 heteroatoms. The molecule has 0 aliphatic heterocycles. The second-order valence-corrected chi connectivity index (χ2v) is 3.87. The molecule has 0 aliphatic carbocycles. The molecule has 0 aromatic heterocycles. The standard InChI is InChI=1S/C12H22N2O3/c1-4-14(5-2)12(17)8-9-13-11(16)7-6-10(3)15/h4-9H2,1-3H3,(H,13,16). The third kappa shape index (κ3) is 7.49. The summed E-state index contributed by atoms with van der Waals surface area (Å²) in [7, 11) is 0. The van der Waals surface area contributed by atoms with Crippen LogP contribution in [0, 0.1) is 0 Å². The highest BCUT2D eigenvalue weighted by atomic mass is 16.2. The van der Waals surface area contributed by atoms with Gasteiger partial charge in [0.1, 0.15) is 5.78 Å². The maximum Gasteiger partial charge on any atom is 0.224 e. The highest BCUT2D eigenvalue weighted by Crippen LogP contribution is 1.94. The average molecular weight is 242 g/mol. The van der Waals surface area contributed by atoms with E-state index >= 15 is 0 Å². The molecule has 0 aromatic carbocycles. The minimum Gasteiger partial charge on any atom is -0.356 e. The third-order valence-corrected chi connectivity index (χ3v) is 2.48. The predicted molar refractivity (Wildman–Crippen MR) is 65.5 cm³/mol. The molecule has 0 atom stereocenters. The van der Waals surface area contributed by atoms with Crippen LogP contribution in [0.25, 0.3) is 0 Å². The van der Waals surface area contributed by atoms with Crippen molar-refractivity contribution in [3.8, 4) is 0 Å². The first-order chi connectivity index (χ1) is 8.01. The number of rotatable bonds is 8. The lowest BCUT2D eigenvalue weighted by Gasteiger charge is -2.18. The van der Waals surface area contributed by atoms with Crippen LogP contribution in [-0.2, 0) is 14.4 Å². The first kappa shape index (κ1) is 15.6. The van der Waals surface area contributed by atoms with E-state index in [2.05, 4.69) is 5.32 Å². The fraction of sp³-hybridized carbons (Fsp3) is 0.750. The van der Waals surface area contributed by atoms with E-state index in [4.69, 9.17) is 0 Å². The Bertz CT molecular complexity index is 273. The van der Waals surface area contributed by atoms with Gasteiger partial charge < -0.3 is 15.0 Å². The maximum atomic E-state index is 11.6. The quantitative estimate of drug-likeness (QED) is 0.682. The average Bonchev–Trinajstić information content (AvgIpc) is 2.28. The van der Waals surface area contributed by atoms with E-state index in [1.54, 1.807) is 4.90 Å². The molecule has 98 valence electrons. The molecular formula is C12H22N2O3. The van der Waals surface area contributed by atoms with Crippen LogP contribution in [-0.4, -0.2) is 42.1 Å². The minimum absolute atomic E-state index is 0.000586. The van der Waals surface area contributed by atoms with Crippen molar-refractivity contribution < 1.29 is 14.4 Å². The molecule has 0 bridgehead atoms. The van der Waals surface area contributed by atoms with E-state index < -0.39 is 0 Å². The Morgan fingerprint density at radius 1 is 1.00 bits per heavy atom.